The normalized spacial score (nSPS) is 15.7. The lowest BCUT2D eigenvalue weighted by atomic mass is 9.94. The summed E-state index contributed by atoms with van der Waals surface area (Å²) in [5.74, 6) is -1.77. The maximum Gasteiger partial charge on any atom is 0.329 e. The zero-order chi connectivity index (χ0) is 15.0. The van der Waals surface area contributed by atoms with Crippen LogP contribution >= 0.6 is 0 Å². The Labute approximate surface area is 118 Å². The topological polar surface area (TPSA) is 95.9 Å². The van der Waals surface area contributed by atoms with Gasteiger partial charge in [-0.1, -0.05) is 19.3 Å². The third-order valence-corrected chi connectivity index (χ3v) is 3.32. The van der Waals surface area contributed by atoms with E-state index in [9.17, 15) is 14.4 Å². The molecule has 0 radical (unpaired) electrons. The van der Waals surface area contributed by atoms with E-state index >= 15 is 0 Å². The summed E-state index contributed by atoms with van der Waals surface area (Å²) in [6, 6.07) is -0.246. The van der Waals surface area contributed by atoms with Gasteiger partial charge < -0.3 is 14.7 Å². The molecular weight excluding hydrogens is 264 g/mol. The van der Waals surface area contributed by atoms with Gasteiger partial charge in [0.15, 0.2) is 0 Å². The minimum Gasteiger partial charge on any atom is -0.480 e. The lowest BCUT2D eigenvalue weighted by molar-refractivity contribution is -0.143. The van der Waals surface area contributed by atoms with Gasteiger partial charge in [-0.3, -0.25) is 10.1 Å². The van der Waals surface area contributed by atoms with Gasteiger partial charge in [-0.25, -0.2) is 9.59 Å². The molecule has 0 spiro atoms. The zero-order valence-electron chi connectivity index (χ0n) is 11.8. The van der Waals surface area contributed by atoms with Crippen molar-refractivity contribution in [2.75, 3.05) is 19.8 Å². The molecular formula is C13H22N2O5. The molecule has 2 N–H and O–H groups in total. The van der Waals surface area contributed by atoms with E-state index < -0.39 is 31.1 Å². The highest BCUT2D eigenvalue weighted by atomic mass is 16.5. The molecule has 1 fully saturated rings. The second kappa shape index (κ2) is 8.52. The van der Waals surface area contributed by atoms with Crippen LogP contribution in [0.1, 0.15) is 39.0 Å². The van der Waals surface area contributed by atoms with Crippen LogP contribution < -0.4 is 5.32 Å². The number of carbonyl (C=O) groups excluding carboxylic acids is 2. The summed E-state index contributed by atoms with van der Waals surface area (Å²) in [5.41, 5.74) is 0. The molecule has 0 aromatic rings. The highest BCUT2D eigenvalue weighted by Gasteiger charge is 2.25. The first-order valence-electron chi connectivity index (χ1n) is 6.94. The van der Waals surface area contributed by atoms with Crippen molar-refractivity contribution in [1.82, 2.24) is 10.2 Å². The summed E-state index contributed by atoms with van der Waals surface area (Å²) in [4.78, 5) is 35.4. The van der Waals surface area contributed by atoms with E-state index in [1.807, 2.05) is 6.92 Å². The fourth-order valence-corrected chi connectivity index (χ4v) is 2.42. The van der Waals surface area contributed by atoms with Crippen LogP contribution in [0.25, 0.3) is 0 Å². The van der Waals surface area contributed by atoms with E-state index in [2.05, 4.69) is 10.1 Å². The standard InChI is InChI=1S/C13H22N2O5/c1-2-15(10-6-4-3-5-7-10)13(19)14-11(16)8-20-9-12(17)18/h10H,2-9H2,1H3,(H,17,18)(H,14,16,19). The quantitative estimate of drug-likeness (QED) is 0.758. The maximum absolute atomic E-state index is 12.0. The van der Waals surface area contributed by atoms with Crippen molar-refractivity contribution in [3.63, 3.8) is 0 Å². The monoisotopic (exact) mass is 286 g/mol. The largest absolute Gasteiger partial charge is 0.480 e. The van der Waals surface area contributed by atoms with Crippen LogP contribution in [0.2, 0.25) is 0 Å². The van der Waals surface area contributed by atoms with Crippen LogP contribution in [0.5, 0.6) is 0 Å². The van der Waals surface area contributed by atoms with Crippen molar-refractivity contribution in [3.8, 4) is 0 Å². The molecule has 0 aromatic heterocycles. The number of carboxylic acid groups (broad SMARTS) is 1. The number of rotatable bonds is 6. The van der Waals surface area contributed by atoms with Crippen LogP contribution in [-0.2, 0) is 14.3 Å². The lowest BCUT2D eigenvalue weighted by Gasteiger charge is -2.33. The highest BCUT2D eigenvalue weighted by Crippen LogP contribution is 2.22. The van der Waals surface area contributed by atoms with Crippen molar-refractivity contribution in [2.24, 2.45) is 0 Å². The molecule has 7 nitrogen and oxygen atoms in total. The predicted molar refractivity (Wildman–Crippen MR) is 71.2 cm³/mol. The number of nitrogens with one attached hydrogen (secondary N) is 1. The molecule has 1 aliphatic carbocycles. The van der Waals surface area contributed by atoms with Gasteiger partial charge in [0.2, 0.25) is 0 Å². The Morgan fingerprint density at radius 3 is 2.40 bits per heavy atom. The third-order valence-electron chi connectivity index (χ3n) is 3.32. The van der Waals surface area contributed by atoms with Gasteiger partial charge in [-0.15, -0.1) is 0 Å². The number of urea groups is 1. The van der Waals surface area contributed by atoms with E-state index in [4.69, 9.17) is 5.11 Å². The summed E-state index contributed by atoms with van der Waals surface area (Å²) in [5, 5.41) is 10.6. The van der Waals surface area contributed by atoms with Gasteiger partial charge in [0.05, 0.1) is 0 Å². The van der Waals surface area contributed by atoms with E-state index in [0.29, 0.717) is 6.54 Å². The summed E-state index contributed by atoms with van der Waals surface area (Å²) in [7, 11) is 0. The number of imide groups is 1. The molecule has 3 amide bonds. The number of hydrogen-bond acceptors (Lipinski definition) is 4. The van der Waals surface area contributed by atoms with Crippen LogP contribution in [0.3, 0.4) is 0 Å². The zero-order valence-corrected chi connectivity index (χ0v) is 11.8. The Bertz CT molecular complexity index is 353. The summed E-state index contributed by atoms with van der Waals surface area (Å²) < 4.78 is 4.63. The van der Waals surface area contributed by atoms with Gasteiger partial charge in [-0.05, 0) is 19.8 Å². The summed E-state index contributed by atoms with van der Waals surface area (Å²) in [6.07, 6.45) is 5.32. The first kappa shape index (κ1) is 16.4. The van der Waals surface area contributed by atoms with Crippen molar-refractivity contribution < 1.29 is 24.2 Å². The van der Waals surface area contributed by atoms with Gasteiger partial charge in [0.1, 0.15) is 13.2 Å². The Morgan fingerprint density at radius 2 is 1.85 bits per heavy atom. The number of hydrogen-bond donors (Lipinski definition) is 2. The van der Waals surface area contributed by atoms with Gasteiger partial charge in [0.25, 0.3) is 5.91 Å². The Hall–Kier alpha value is -1.63. The number of ether oxygens (including phenoxy) is 1. The number of carboxylic acids is 1. The van der Waals surface area contributed by atoms with Crippen molar-refractivity contribution in [1.29, 1.82) is 0 Å². The van der Waals surface area contributed by atoms with Gasteiger partial charge in [-0.2, -0.15) is 0 Å². The molecule has 1 rings (SSSR count). The molecule has 114 valence electrons. The Morgan fingerprint density at radius 1 is 1.20 bits per heavy atom. The molecule has 0 atom stereocenters. The second-order valence-electron chi connectivity index (χ2n) is 4.82. The Kier molecular flexibility index (Phi) is 7.00. The minimum atomic E-state index is -1.15. The van der Waals surface area contributed by atoms with E-state index in [0.717, 1.165) is 25.7 Å². The van der Waals surface area contributed by atoms with Crippen molar-refractivity contribution >= 4 is 17.9 Å². The molecule has 7 heteroatoms. The number of aliphatic carboxylic acids is 1. The second-order valence-corrected chi connectivity index (χ2v) is 4.82. The molecule has 0 saturated heterocycles. The SMILES string of the molecule is CCN(C(=O)NC(=O)COCC(=O)O)C1CCCCC1. The van der Waals surface area contributed by atoms with E-state index in [1.165, 1.54) is 6.42 Å². The molecule has 0 heterocycles. The third kappa shape index (κ3) is 5.56. The highest BCUT2D eigenvalue weighted by molar-refractivity contribution is 5.95. The molecule has 1 aliphatic rings. The van der Waals surface area contributed by atoms with Crippen LogP contribution in [-0.4, -0.2) is 53.7 Å². The average molecular weight is 286 g/mol. The minimum absolute atomic E-state index is 0.182. The predicted octanol–water partition coefficient (Wildman–Crippen LogP) is 0.978. The lowest BCUT2D eigenvalue weighted by Crippen LogP contribution is -2.49. The van der Waals surface area contributed by atoms with Gasteiger partial charge in [0, 0.05) is 12.6 Å². The smallest absolute Gasteiger partial charge is 0.329 e. The molecule has 0 aromatic carbocycles. The van der Waals surface area contributed by atoms with Gasteiger partial charge >= 0.3 is 12.0 Å². The number of amides is 3. The first-order chi connectivity index (χ1) is 9.54. The van der Waals surface area contributed by atoms with Crippen molar-refractivity contribution in [3.05, 3.63) is 0 Å². The van der Waals surface area contributed by atoms with Crippen LogP contribution in [0, 0.1) is 0 Å². The number of carbonyl (C=O) groups is 3. The first-order valence-corrected chi connectivity index (χ1v) is 6.94. The van der Waals surface area contributed by atoms with E-state index in [-0.39, 0.29) is 6.04 Å². The number of nitrogens with zero attached hydrogens (tertiary/aromatic N) is 1. The van der Waals surface area contributed by atoms with Crippen LogP contribution in [0.15, 0.2) is 0 Å². The molecule has 20 heavy (non-hydrogen) atoms. The molecule has 0 aliphatic heterocycles. The fraction of sp³-hybridized carbons (Fsp3) is 0.769. The summed E-state index contributed by atoms with van der Waals surface area (Å²) in [6.45, 7) is 1.43. The van der Waals surface area contributed by atoms with Crippen LogP contribution in [0.4, 0.5) is 4.79 Å². The maximum atomic E-state index is 12.0. The van der Waals surface area contributed by atoms with E-state index in [1.54, 1.807) is 4.90 Å². The molecule has 1 saturated carbocycles. The fourth-order valence-electron chi connectivity index (χ4n) is 2.42. The Balaban J connectivity index is 2.38. The average Bonchev–Trinajstić information content (AvgIpc) is 2.40. The molecule has 0 unspecified atom stereocenters. The molecule has 0 bridgehead atoms. The van der Waals surface area contributed by atoms with Crippen molar-refractivity contribution in [2.45, 2.75) is 45.1 Å². The summed E-state index contributed by atoms with van der Waals surface area (Å²) >= 11 is 0.